The Balaban J connectivity index is 1.80. The van der Waals surface area contributed by atoms with E-state index in [2.05, 4.69) is 10.4 Å². The lowest BCUT2D eigenvalue weighted by Gasteiger charge is -2.08. The van der Waals surface area contributed by atoms with Crippen molar-refractivity contribution < 1.29 is 14.7 Å². The van der Waals surface area contributed by atoms with Gasteiger partial charge in [-0.15, -0.1) is 0 Å². The number of amides is 1. The zero-order chi connectivity index (χ0) is 21.1. The van der Waals surface area contributed by atoms with Gasteiger partial charge in [0.2, 0.25) is 0 Å². The smallest absolute Gasteiger partial charge is 0.335 e. The van der Waals surface area contributed by atoms with Crippen LogP contribution in [-0.4, -0.2) is 26.8 Å². The molecular weight excluding hydrogens is 392 g/mol. The maximum absolute atomic E-state index is 12.7. The molecule has 0 saturated heterocycles. The number of hydrogen-bond donors (Lipinski definition) is 2. The van der Waals surface area contributed by atoms with E-state index in [-0.39, 0.29) is 18.0 Å². The number of hydrogen-bond acceptors (Lipinski definition) is 4. The average Bonchev–Trinajstić information content (AvgIpc) is 3.00. The number of aromatic nitrogens is 2. The first kappa shape index (κ1) is 20.1. The zero-order valence-electron chi connectivity index (χ0n) is 15.7. The number of aryl methyl sites for hydroxylation is 1. The summed E-state index contributed by atoms with van der Waals surface area (Å²) < 4.78 is 1.61. The molecule has 8 heteroatoms. The van der Waals surface area contributed by atoms with E-state index in [4.69, 9.17) is 22.0 Å². The van der Waals surface area contributed by atoms with Crippen LogP contribution in [0.1, 0.15) is 43.2 Å². The Morgan fingerprint density at radius 3 is 2.48 bits per heavy atom. The normalized spacial score (nSPS) is 10.4. The van der Waals surface area contributed by atoms with Crippen molar-refractivity contribution in [3.63, 3.8) is 0 Å². The number of nitrogens with one attached hydrogen (secondary N) is 1. The molecule has 29 heavy (non-hydrogen) atoms. The van der Waals surface area contributed by atoms with Crippen molar-refractivity contribution in [1.29, 1.82) is 5.26 Å². The van der Waals surface area contributed by atoms with Crippen LogP contribution in [0.5, 0.6) is 0 Å². The number of carboxylic acid groups (broad SMARTS) is 1. The average molecular weight is 409 g/mol. The molecule has 0 fully saturated rings. The van der Waals surface area contributed by atoms with E-state index in [1.54, 1.807) is 48.9 Å². The number of carboxylic acids is 1. The molecule has 0 saturated carbocycles. The SMILES string of the molecule is Cc1nn(-c2ccc(C#N)c(Cl)c2)c(C)c1C(=O)NCc1ccc(C(=O)O)cc1. The Morgan fingerprint density at radius 2 is 1.90 bits per heavy atom. The molecule has 146 valence electrons. The number of halogens is 1. The van der Waals surface area contributed by atoms with Crippen LogP contribution in [0.25, 0.3) is 5.69 Å². The van der Waals surface area contributed by atoms with Crippen LogP contribution in [0.4, 0.5) is 0 Å². The predicted octanol–water partition coefficient (Wildman–Crippen LogP) is 3.64. The second-order valence-corrected chi connectivity index (χ2v) is 6.83. The molecule has 2 N–H and O–H groups in total. The molecular formula is C21H17ClN4O3. The van der Waals surface area contributed by atoms with Gasteiger partial charge in [-0.05, 0) is 49.7 Å². The number of carbonyl (C=O) groups is 2. The van der Waals surface area contributed by atoms with Crippen molar-refractivity contribution in [3.8, 4) is 11.8 Å². The van der Waals surface area contributed by atoms with Crippen LogP contribution in [0.15, 0.2) is 42.5 Å². The van der Waals surface area contributed by atoms with Crippen molar-refractivity contribution in [2.24, 2.45) is 0 Å². The molecule has 3 rings (SSSR count). The summed E-state index contributed by atoms with van der Waals surface area (Å²) in [5, 5.41) is 25.5. The highest BCUT2D eigenvalue weighted by Gasteiger charge is 2.19. The van der Waals surface area contributed by atoms with Gasteiger partial charge in [0, 0.05) is 6.54 Å². The molecule has 1 aromatic heterocycles. The minimum atomic E-state index is -0.998. The fraction of sp³-hybridized carbons (Fsp3) is 0.143. The van der Waals surface area contributed by atoms with Crippen molar-refractivity contribution in [1.82, 2.24) is 15.1 Å². The summed E-state index contributed by atoms with van der Waals surface area (Å²) in [6.45, 7) is 3.78. The largest absolute Gasteiger partial charge is 0.478 e. The first-order valence-electron chi connectivity index (χ1n) is 8.68. The van der Waals surface area contributed by atoms with Gasteiger partial charge >= 0.3 is 5.97 Å². The van der Waals surface area contributed by atoms with Gasteiger partial charge in [-0.1, -0.05) is 23.7 Å². The Kier molecular flexibility index (Phi) is 5.66. The summed E-state index contributed by atoms with van der Waals surface area (Å²) in [6, 6.07) is 13.3. The highest BCUT2D eigenvalue weighted by atomic mass is 35.5. The van der Waals surface area contributed by atoms with Gasteiger partial charge in [0.25, 0.3) is 5.91 Å². The zero-order valence-corrected chi connectivity index (χ0v) is 16.5. The van der Waals surface area contributed by atoms with E-state index in [9.17, 15) is 9.59 Å². The van der Waals surface area contributed by atoms with E-state index < -0.39 is 5.97 Å². The summed E-state index contributed by atoms with van der Waals surface area (Å²) in [6.07, 6.45) is 0. The number of benzene rings is 2. The third-order valence-electron chi connectivity index (χ3n) is 4.49. The van der Waals surface area contributed by atoms with Crippen LogP contribution in [0, 0.1) is 25.2 Å². The molecule has 0 unspecified atom stereocenters. The molecule has 0 aliphatic carbocycles. The minimum absolute atomic E-state index is 0.189. The van der Waals surface area contributed by atoms with Crippen molar-refractivity contribution in [2.45, 2.75) is 20.4 Å². The maximum Gasteiger partial charge on any atom is 0.335 e. The number of rotatable bonds is 5. The summed E-state index contributed by atoms with van der Waals surface area (Å²) >= 11 is 6.11. The van der Waals surface area contributed by atoms with Crippen LogP contribution in [-0.2, 0) is 6.54 Å². The van der Waals surface area contributed by atoms with Gasteiger partial charge in [-0.25, -0.2) is 9.48 Å². The summed E-state index contributed by atoms with van der Waals surface area (Å²) in [4.78, 5) is 23.6. The van der Waals surface area contributed by atoms with Crippen molar-refractivity contribution in [3.05, 3.63) is 81.1 Å². The first-order chi connectivity index (χ1) is 13.8. The number of aromatic carboxylic acids is 1. The van der Waals surface area contributed by atoms with Gasteiger partial charge in [0.15, 0.2) is 0 Å². The quantitative estimate of drug-likeness (QED) is 0.670. The van der Waals surface area contributed by atoms with Crippen molar-refractivity contribution in [2.75, 3.05) is 0 Å². The molecule has 1 heterocycles. The molecule has 1 amide bonds. The molecule has 0 atom stereocenters. The van der Waals surface area contributed by atoms with Crippen molar-refractivity contribution >= 4 is 23.5 Å². The minimum Gasteiger partial charge on any atom is -0.478 e. The molecule has 2 aromatic carbocycles. The molecule has 0 aliphatic rings. The van der Waals surface area contributed by atoms with E-state index in [0.717, 1.165) is 5.56 Å². The number of nitrogens with zero attached hydrogens (tertiary/aromatic N) is 3. The Labute approximate surface area is 172 Å². The Hall–Kier alpha value is -3.63. The molecule has 0 radical (unpaired) electrons. The topological polar surface area (TPSA) is 108 Å². The van der Waals surface area contributed by atoms with Gasteiger partial charge in [-0.3, -0.25) is 4.79 Å². The van der Waals surface area contributed by atoms with Crippen LogP contribution >= 0.6 is 11.6 Å². The van der Waals surface area contributed by atoms with Gasteiger partial charge in [0.1, 0.15) is 6.07 Å². The monoisotopic (exact) mass is 408 g/mol. The Bertz CT molecular complexity index is 1140. The number of carbonyl (C=O) groups excluding carboxylic acids is 1. The third-order valence-corrected chi connectivity index (χ3v) is 4.80. The maximum atomic E-state index is 12.7. The second-order valence-electron chi connectivity index (χ2n) is 6.42. The standard InChI is InChI=1S/C21H17ClN4O3/c1-12-19(20(27)24-11-14-3-5-15(6-4-14)21(28)29)13(2)26(25-12)17-8-7-16(10-23)18(22)9-17/h3-9H,11H2,1-2H3,(H,24,27)(H,28,29). The van der Waals surface area contributed by atoms with Gasteiger partial charge in [0.05, 0.1) is 38.8 Å². The van der Waals surface area contributed by atoms with E-state index in [1.807, 2.05) is 6.07 Å². The lowest BCUT2D eigenvalue weighted by Crippen LogP contribution is -2.24. The molecule has 7 nitrogen and oxygen atoms in total. The summed E-state index contributed by atoms with van der Waals surface area (Å²) in [5.74, 6) is -1.28. The van der Waals surface area contributed by atoms with E-state index in [1.165, 1.54) is 12.1 Å². The van der Waals surface area contributed by atoms with Crippen LogP contribution < -0.4 is 5.32 Å². The summed E-state index contributed by atoms with van der Waals surface area (Å²) in [5.41, 5.74) is 3.64. The number of nitriles is 1. The fourth-order valence-corrected chi connectivity index (χ4v) is 3.20. The van der Waals surface area contributed by atoms with Crippen LogP contribution in [0.3, 0.4) is 0 Å². The molecule has 0 aliphatic heterocycles. The molecule has 0 bridgehead atoms. The lowest BCUT2D eigenvalue weighted by molar-refractivity contribution is 0.0696. The lowest BCUT2D eigenvalue weighted by atomic mass is 10.1. The molecule has 3 aromatic rings. The second kappa shape index (κ2) is 8.17. The fourth-order valence-electron chi connectivity index (χ4n) is 2.99. The van der Waals surface area contributed by atoms with E-state index >= 15 is 0 Å². The predicted molar refractivity (Wildman–Crippen MR) is 107 cm³/mol. The highest BCUT2D eigenvalue weighted by molar-refractivity contribution is 6.31. The van der Waals surface area contributed by atoms with Crippen LogP contribution in [0.2, 0.25) is 5.02 Å². The first-order valence-corrected chi connectivity index (χ1v) is 9.06. The van der Waals surface area contributed by atoms with Gasteiger partial charge < -0.3 is 10.4 Å². The Morgan fingerprint density at radius 1 is 1.21 bits per heavy atom. The van der Waals surface area contributed by atoms with E-state index in [0.29, 0.717) is 33.2 Å². The third kappa shape index (κ3) is 4.13. The highest BCUT2D eigenvalue weighted by Crippen LogP contribution is 2.23. The molecule has 0 spiro atoms. The summed E-state index contributed by atoms with van der Waals surface area (Å²) in [7, 11) is 0. The van der Waals surface area contributed by atoms with Gasteiger partial charge in [-0.2, -0.15) is 10.4 Å².